The van der Waals surface area contributed by atoms with Crippen LogP contribution in [0, 0.1) is 5.82 Å². The van der Waals surface area contributed by atoms with Gasteiger partial charge in [-0.25, -0.2) is 17.5 Å². The number of hydrogen-bond acceptors (Lipinski definition) is 4. The monoisotopic (exact) mass is 381 g/mol. The van der Waals surface area contributed by atoms with Gasteiger partial charge in [0.1, 0.15) is 10.7 Å². The number of likely N-dealkylation sites (N-methyl/N-ethyl adjacent to an activating group) is 1. The predicted octanol–water partition coefficient (Wildman–Crippen LogP) is 1.67. The Kier molecular flexibility index (Phi) is 7.22. The summed E-state index contributed by atoms with van der Waals surface area (Å²) >= 11 is 3.17. The van der Waals surface area contributed by atoms with Gasteiger partial charge in [0.15, 0.2) is 0 Å². The van der Waals surface area contributed by atoms with Crippen molar-refractivity contribution in [3.63, 3.8) is 0 Å². The van der Waals surface area contributed by atoms with Gasteiger partial charge in [0, 0.05) is 29.7 Å². The fraction of sp³-hybridized carbons (Fsp3) is 0.538. The fourth-order valence-corrected chi connectivity index (χ4v) is 3.74. The number of nitrogens with two attached hydrogens (primary N) is 1. The molecular formula is C13H21BrFN3O2S. The summed E-state index contributed by atoms with van der Waals surface area (Å²) in [5.41, 5.74) is 5.59. The van der Waals surface area contributed by atoms with Gasteiger partial charge in [-0.2, -0.15) is 0 Å². The molecule has 5 nitrogen and oxygen atoms in total. The standard InChI is InChI=1S/C13H21BrFN3O2S/c1-3-18(4-2)6-5-17-21(19,20)12-8-11(14)7-10(9-16)13(12)15/h7-8,17H,3-6,9,16H2,1-2H3. The topological polar surface area (TPSA) is 75.4 Å². The van der Waals surface area contributed by atoms with Crippen molar-refractivity contribution >= 4 is 26.0 Å². The normalized spacial score (nSPS) is 12.1. The first-order valence-corrected chi connectivity index (χ1v) is 9.03. The quantitative estimate of drug-likeness (QED) is 0.717. The lowest BCUT2D eigenvalue weighted by atomic mass is 10.2. The van der Waals surface area contributed by atoms with Gasteiger partial charge in [-0.3, -0.25) is 0 Å². The average molecular weight is 382 g/mol. The van der Waals surface area contributed by atoms with E-state index in [-0.39, 0.29) is 23.5 Å². The maximum absolute atomic E-state index is 14.1. The molecule has 0 unspecified atom stereocenters. The number of halogens is 2. The highest BCUT2D eigenvalue weighted by atomic mass is 79.9. The fourth-order valence-electron chi connectivity index (χ4n) is 1.92. The molecule has 1 aromatic rings. The van der Waals surface area contributed by atoms with Crippen LogP contribution in [0.1, 0.15) is 19.4 Å². The third-order valence-corrected chi connectivity index (χ3v) is 5.12. The first-order valence-electron chi connectivity index (χ1n) is 6.75. The first-order chi connectivity index (χ1) is 9.85. The molecule has 0 atom stereocenters. The van der Waals surface area contributed by atoms with E-state index < -0.39 is 15.8 Å². The number of benzene rings is 1. The minimum atomic E-state index is -3.90. The molecule has 1 rings (SSSR count). The van der Waals surface area contributed by atoms with E-state index in [1.807, 2.05) is 13.8 Å². The largest absolute Gasteiger partial charge is 0.326 e. The molecule has 8 heteroatoms. The Labute approximate surface area is 133 Å². The average Bonchev–Trinajstić information content (AvgIpc) is 2.45. The Balaban J connectivity index is 2.91. The second-order valence-corrected chi connectivity index (χ2v) is 7.16. The van der Waals surface area contributed by atoms with Crippen molar-refractivity contribution in [2.24, 2.45) is 5.73 Å². The summed E-state index contributed by atoms with van der Waals surface area (Å²) in [5.74, 6) is -0.795. The van der Waals surface area contributed by atoms with E-state index in [9.17, 15) is 12.8 Å². The SMILES string of the molecule is CCN(CC)CCNS(=O)(=O)c1cc(Br)cc(CN)c1F. The van der Waals surface area contributed by atoms with Gasteiger partial charge in [-0.05, 0) is 25.2 Å². The van der Waals surface area contributed by atoms with Crippen molar-refractivity contribution in [1.82, 2.24) is 9.62 Å². The second-order valence-electron chi connectivity index (χ2n) is 4.51. The molecule has 0 aliphatic rings. The van der Waals surface area contributed by atoms with Gasteiger partial charge in [0.25, 0.3) is 0 Å². The highest BCUT2D eigenvalue weighted by Crippen LogP contribution is 2.23. The van der Waals surface area contributed by atoms with Crippen LogP contribution in [0.25, 0.3) is 0 Å². The van der Waals surface area contributed by atoms with Crippen molar-refractivity contribution in [2.45, 2.75) is 25.3 Å². The number of hydrogen-bond donors (Lipinski definition) is 2. The van der Waals surface area contributed by atoms with Crippen LogP contribution < -0.4 is 10.5 Å². The first kappa shape index (κ1) is 18.5. The van der Waals surface area contributed by atoms with Crippen LogP contribution in [0.4, 0.5) is 4.39 Å². The Hall–Kier alpha value is -0.540. The summed E-state index contributed by atoms with van der Waals surface area (Å²) in [6.45, 7) is 6.41. The zero-order valence-corrected chi connectivity index (χ0v) is 14.6. The molecule has 0 saturated heterocycles. The third kappa shape index (κ3) is 5.00. The van der Waals surface area contributed by atoms with Gasteiger partial charge in [0.05, 0.1) is 0 Å². The minimum absolute atomic E-state index is 0.0623. The van der Waals surface area contributed by atoms with Crippen LogP contribution in [-0.4, -0.2) is 39.5 Å². The minimum Gasteiger partial charge on any atom is -0.326 e. The lowest BCUT2D eigenvalue weighted by molar-refractivity contribution is 0.309. The molecule has 0 aliphatic heterocycles. The van der Waals surface area contributed by atoms with E-state index >= 15 is 0 Å². The van der Waals surface area contributed by atoms with E-state index in [2.05, 4.69) is 25.6 Å². The second kappa shape index (κ2) is 8.19. The van der Waals surface area contributed by atoms with Crippen LogP contribution in [0.2, 0.25) is 0 Å². The molecule has 1 aromatic carbocycles. The maximum atomic E-state index is 14.1. The highest BCUT2D eigenvalue weighted by Gasteiger charge is 2.21. The Morgan fingerprint density at radius 1 is 1.33 bits per heavy atom. The van der Waals surface area contributed by atoms with E-state index in [0.717, 1.165) is 13.1 Å². The summed E-state index contributed by atoms with van der Waals surface area (Å²) in [6, 6.07) is 2.72. The summed E-state index contributed by atoms with van der Waals surface area (Å²) in [4.78, 5) is 1.70. The van der Waals surface area contributed by atoms with Gasteiger partial charge in [0.2, 0.25) is 10.0 Å². The lowest BCUT2D eigenvalue weighted by Crippen LogP contribution is -2.35. The number of nitrogens with zero attached hydrogens (tertiary/aromatic N) is 1. The van der Waals surface area contributed by atoms with Crippen molar-refractivity contribution < 1.29 is 12.8 Å². The molecule has 0 saturated carbocycles. The summed E-state index contributed by atoms with van der Waals surface area (Å²) in [6.07, 6.45) is 0. The summed E-state index contributed by atoms with van der Waals surface area (Å²) < 4.78 is 41.4. The van der Waals surface area contributed by atoms with E-state index in [0.29, 0.717) is 11.0 Å². The number of nitrogens with one attached hydrogen (secondary N) is 1. The molecule has 3 N–H and O–H groups in total. The van der Waals surface area contributed by atoms with Crippen LogP contribution in [0.5, 0.6) is 0 Å². The zero-order chi connectivity index (χ0) is 16.0. The van der Waals surface area contributed by atoms with Crippen molar-refractivity contribution in [3.8, 4) is 0 Å². The van der Waals surface area contributed by atoms with Crippen LogP contribution >= 0.6 is 15.9 Å². The van der Waals surface area contributed by atoms with E-state index in [4.69, 9.17) is 5.73 Å². The van der Waals surface area contributed by atoms with E-state index in [1.54, 1.807) is 0 Å². The molecule has 0 spiro atoms. The van der Waals surface area contributed by atoms with Crippen molar-refractivity contribution in [3.05, 3.63) is 28.0 Å². The molecule has 0 heterocycles. The van der Waals surface area contributed by atoms with Crippen molar-refractivity contribution in [2.75, 3.05) is 26.2 Å². The zero-order valence-electron chi connectivity index (χ0n) is 12.2. The third-order valence-electron chi connectivity index (χ3n) is 3.20. The molecular weight excluding hydrogens is 361 g/mol. The lowest BCUT2D eigenvalue weighted by Gasteiger charge is -2.18. The van der Waals surface area contributed by atoms with Crippen LogP contribution in [0.15, 0.2) is 21.5 Å². The maximum Gasteiger partial charge on any atom is 0.243 e. The highest BCUT2D eigenvalue weighted by molar-refractivity contribution is 9.10. The molecule has 0 amide bonds. The van der Waals surface area contributed by atoms with Crippen LogP contribution in [0.3, 0.4) is 0 Å². The van der Waals surface area contributed by atoms with Gasteiger partial charge >= 0.3 is 0 Å². The van der Waals surface area contributed by atoms with Gasteiger partial charge < -0.3 is 10.6 Å². The summed E-state index contributed by atoms with van der Waals surface area (Å²) in [5, 5.41) is 0. The Morgan fingerprint density at radius 2 is 1.95 bits per heavy atom. The number of rotatable bonds is 8. The number of sulfonamides is 1. The molecule has 0 bridgehead atoms. The molecule has 0 fully saturated rings. The van der Waals surface area contributed by atoms with Crippen molar-refractivity contribution in [1.29, 1.82) is 0 Å². The Bertz CT molecular complexity index is 577. The molecule has 21 heavy (non-hydrogen) atoms. The predicted molar refractivity (Wildman–Crippen MR) is 85.0 cm³/mol. The smallest absolute Gasteiger partial charge is 0.243 e. The molecule has 0 aliphatic carbocycles. The summed E-state index contributed by atoms with van der Waals surface area (Å²) in [7, 11) is -3.90. The van der Waals surface area contributed by atoms with Gasteiger partial charge in [-0.1, -0.05) is 29.8 Å². The Morgan fingerprint density at radius 3 is 2.48 bits per heavy atom. The van der Waals surface area contributed by atoms with Gasteiger partial charge in [-0.15, -0.1) is 0 Å². The molecule has 0 radical (unpaired) electrons. The van der Waals surface area contributed by atoms with Crippen LogP contribution in [-0.2, 0) is 16.6 Å². The molecule has 0 aromatic heterocycles. The molecule has 120 valence electrons. The van der Waals surface area contributed by atoms with E-state index in [1.165, 1.54) is 12.1 Å².